The number of nitrogens with one attached hydrogen (secondary N) is 1. The van der Waals surface area contributed by atoms with Crippen molar-refractivity contribution in [3.63, 3.8) is 0 Å². The number of methoxy groups -OCH3 is 1. The molecule has 0 aliphatic carbocycles. The van der Waals surface area contributed by atoms with Crippen molar-refractivity contribution < 1.29 is 41.7 Å². The summed E-state index contributed by atoms with van der Waals surface area (Å²) >= 11 is 0. The van der Waals surface area contributed by atoms with Gasteiger partial charge < -0.3 is 18.9 Å². The minimum atomic E-state index is -4.17. The molecule has 0 unspecified atom stereocenters. The maximum atomic E-state index is 12.4. The molecule has 0 spiro atoms. The van der Waals surface area contributed by atoms with E-state index in [4.69, 9.17) is 18.9 Å². The van der Waals surface area contributed by atoms with E-state index in [1.54, 1.807) is 45.0 Å². The highest BCUT2D eigenvalue weighted by molar-refractivity contribution is 7.93. The molecule has 0 aliphatic heterocycles. The molecule has 0 amide bonds. The van der Waals surface area contributed by atoms with Crippen molar-refractivity contribution in [2.45, 2.75) is 33.0 Å². The van der Waals surface area contributed by atoms with Crippen LogP contribution in [0.1, 0.15) is 36.7 Å². The molecule has 34 heavy (non-hydrogen) atoms. The molecule has 0 fully saturated rings. The molecule has 0 saturated heterocycles. The lowest BCUT2D eigenvalue weighted by Gasteiger charge is -2.19. The lowest BCUT2D eigenvalue weighted by atomic mass is 10.2. The first-order valence-electron chi connectivity index (χ1n) is 10.2. The van der Waals surface area contributed by atoms with Crippen molar-refractivity contribution in [3.8, 4) is 5.75 Å². The summed E-state index contributed by atoms with van der Waals surface area (Å²) in [4.78, 5) is 36.1. The maximum absolute atomic E-state index is 12.4. The van der Waals surface area contributed by atoms with Gasteiger partial charge in [-0.05, 0) is 44.5 Å². The number of rotatable bonds is 10. The monoisotopic (exact) mass is 493 g/mol. The largest absolute Gasteiger partial charge is 0.495 e. The van der Waals surface area contributed by atoms with Gasteiger partial charge in [0.05, 0.1) is 18.4 Å². The number of sulfonamides is 1. The molecule has 0 atom stereocenters. The summed E-state index contributed by atoms with van der Waals surface area (Å²) in [6.45, 7) is 4.24. The van der Waals surface area contributed by atoms with E-state index in [2.05, 4.69) is 4.72 Å². The average molecular weight is 494 g/mol. The van der Waals surface area contributed by atoms with Crippen LogP contribution in [0, 0.1) is 0 Å². The van der Waals surface area contributed by atoms with Gasteiger partial charge in [-0.2, -0.15) is 0 Å². The minimum Gasteiger partial charge on any atom is -0.495 e. The number of esters is 3. The Morgan fingerprint density at radius 2 is 1.62 bits per heavy atom. The number of benzene rings is 2. The molecule has 0 aromatic heterocycles. The first-order chi connectivity index (χ1) is 15.9. The Kier molecular flexibility index (Phi) is 9.02. The van der Waals surface area contributed by atoms with Crippen LogP contribution in [0.4, 0.5) is 5.69 Å². The van der Waals surface area contributed by atoms with Crippen LogP contribution in [-0.2, 0) is 40.4 Å². The summed E-state index contributed by atoms with van der Waals surface area (Å²) in [6.07, 6.45) is 0. The zero-order valence-electron chi connectivity index (χ0n) is 19.3. The van der Waals surface area contributed by atoms with Crippen molar-refractivity contribution in [2.24, 2.45) is 0 Å². The Hall–Kier alpha value is -3.60. The molecule has 0 bridgehead atoms. The van der Waals surface area contributed by atoms with Crippen molar-refractivity contribution in [2.75, 3.05) is 24.2 Å². The summed E-state index contributed by atoms with van der Waals surface area (Å²) in [6, 6.07) is 12.8. The van der Waals surface area contributed by atoms with Gasteiger partial charge in [0.2, 0.25) is 10.0 Å². The summed E-state index contributed by atoms with van der Waals surface area (Å²) in [5.41, 5.74) is -0.213. The molecular formula is C23H27NO9S. The van der Waals surface area contributed by atoms with E-state index in [9.17, 15) is 22.8 Å². The van der Waals surface area contributed by atoms with Crippen LogP contribution in [0.5, 0.6) is 5.75 Å². The maximum Gasteiger partial charge on any atom is 0.344 e. The van der Waals surface area contributed by atoms with Gasteiger partial charge >= 0.3 is 17.9 Å². The van der Waals surface area contributed by atoms with E-state index in [1.807, 2.05) is 6.07 Å². The molecule has 1 N–H and O–H groups in total. The third-order valence-electron chi connectivity index (χ3n) is 3.99. The minimum absolute atomic E-state index is 0.0311. The van der Waals surface area contributed by atoms with Gasteiger partial charge in [0, 0.05) is 0 Å². The lowest BCUT2D eigenvalue weighted by Crippen LogP contribution is -2.31. The van der Waals surface area contributed by atoms with Crippen LogP contribution in [0.3, 0.4) is 0 Å². The van der Waals surface area contributed by atoms with Crippen molar-refractivity contribution >= 4 is 33.6 Å². The summed E-state index contributed by atoms with van der Waals surface area (Å²) in [7, 11) is -2.86. The summed E-state index contributed by atoms with van der Waals surface area (Å²) < 4.78 is 47.1. The number of anilines is 1. The Bertz CT molecular complexity index is 1120. The standard InChI is InChI=1S/C23H27NO9S/c1-23(2,3)33-21(26)15-34(28,29)24-18-12-17(10-11-19(18)30-4)22(27)32-14-20(25)31-13-16-8-6-5-7-9-16/h5-12,24H,13-15H2,1-4H3. The fraction of sp³-hybridized carbons (Fsp3) is 0.348. The third kappa shape index (κ3) is 9.10. The fourth-order valence-corrected chi connectivity index (χ4v) is 3.57. The van der Waals surface area contributed by atoms with Crippen LogP contribution in [0.2, 0.25) is 0 Å². The number of carbonyl (C=O) groups is 3. The molecule has 0 aliphatic rings. The number of hydrogen-bond acceptors (Lipinski definition) is 9. The first-order valence-corrected chi connectivity index (χ1v) is 11.8. The van der Waals surface area contributed by atoms with Crippen LogP contribution in [0.25, 0.3) is 0 Å². The smallest absolute Gasteiger partial charge is 0.344 e. The molecule has 0 saturated carbocycles. The van der Waals surface area contributed by atoms with Crippen molar-refractivity contribution in [3.05, 3.63) is 59.7 Å². The Morgan fingerprint density at radius 3 is 2.24 bits per heavy atom. The number of carbonyl (C=O) groups excluding carboxylic acids is 3. The molecule has 11 heteroatoms. The molecule has 184 valence electrons. The van der Waals surface area contributed by atoms with Gasteiger partial charge in [-0.25, -0.2) is 18.0 Å². The highest BCUT2D eigenvalue weighted by Gasteiger charge is 2.24. The zero-order valence-corrected chi connectivity index (χ0v) is 20.1. The molecule has 2 rings (SSSR count). The summed E-state index contributed by atoms with van der Waals surface area (Å²) in [5.74, 6) is -3.40. The SMILES string of the molecule is COc1ccc(C(=O)OCC(=O)OCc2ccccc2)cc1NS(=O)(=O)CC(=O)OC(C)(C)C. The van der Waals surface area contributed by atoms with Gasteiger partial charge in [-0.3, -0.25) is 9.52 Å². The Morgan fingerprint density at radius 1 is 0.941 bits per heavy atom. The predicted molar refractivity (Wildman–Crippen MR) is 123 cm³/mol. The van der Waals surface area contributed by atoms with Crippen molar-refractivity contribution in [1.82, 2.24) is 0 Å². The van der Waals surface area contributed by atoms with E-state index >= 15 is 0 Å². The van der Waals surface area contributed by atoms with Gasteiger partial charge in [0.15, 0.2) is 12.4 Å². The second-order valence-electron chi connectivity index (χ2n) is 8.09. The van der Waals surface area contributed by atoms with Crippen molar-refractivity contribution in [1.29, 1.82) is 0 Å². The Balaban J connectivity index is 2.00. The third-order valence-corrected chi connectivity index (χ3v) is 5.14. The predicted octanol–water partition coefficient (Wildman–Crippen LogP) is 2.68. The van der Waals surface area contributed by atoms with Crippen LogP contribution in [0.15, 0.2) is 48.5 Å². The first kappa shape index (κ1) is 26.7. The quantitative estimate of drug-likeness (QED) is 0.391. The molecule has 10 nitrogen and oxygen atoms in total. The Labute approximate surface area is 198 Å². The molecule has 0 heterocycles. The molecule has 2 aromatic rings. The van der Waals surface area contributed by atoms with E-state index < -0.39 is 45.9 Å². The normalized spacial score (nSPS) is 11.3. The number of ether oxygens (including phenoxy) is 4. The summed E-state index contributed by atoms with van der Waals surface area (Å²) in [5, 5.41) is 0. The van der Waals surface area contributed by atoms with E-state index in [0.29, 0.717) is 0 Å². The second kappa shape index (κ2) is 11.5. The van der Waals surface area contributed by atoms with Gasteiger partial charge in [0.25, 0.3) is 0 Å². The fourth-order valence-electron chi connectivity index (χ4n) is 2.63. The lowest BCUT2D eigenvalue weighted by molar-refractivity contribution is -0.151. The molecule has 0 radical (unpaired) electrons. The molecular weight excluding hydrogens is 466 g/mol. The van der Waals surface area contributed by atoms with Crippen LogP contribution >= 0.6 is 0 Å². The average Bonchev–Trinajstić information content (AvgIpc) is 2.74. The number of hydrogen-bond donors (Lipinski definition) is 1. The van der Waals surface area contributed by atoms with Crippen LogP contribution in [-0.4, -0.2) is 51.4 Å². The molecule has 2 aromatic carbocycles. The highest BCUT2D eigenvalue weighted by Crippen LogP contribution is 2.27. The van der Waals surface area contributed by atoms with E-state index in [1.165, 1.54) is 25.3 Å². The van der Waals surface area contributed by atoms with Gasteiger partial charge in [0.1, 0.15) is 18.0 Å². The van der Waals surface area contributed by atoms with Gasteiger partial charge in [-0.15, -0.1) is 0 Å². The topological polar surface area (TPSA) is 134 Å². The van der Waals surface area contributed by atoms with E-state index in [0.717, 1.165) is 5.56 Å². The van der Waals surface area contributed by atoms with E-state index in [-0.39, 0.29) is 23.6 Å². The van der Waals surface area contributed by atoms with Crippen LogP contribution < -0.4 is 9.46 Å². The van der Waals surface area contributed by atoms with Gasteiger partial charge in [-0.1, -0.05) is 30.3 Å². The zero-order chi connectivity index (χ0) is 25.4. The highest BCUT2D eigenvalue weighted by atomic mass is 32.2. The second-order valence-corrected chi connectivity index (χ2v) is 9.81.